The van der Waals surface area contributed by atoms with Crippen molar-refractivity contribution in [3.8, 4) is 11.5 Å². The zero-order valence-electron chi connectivity index (χ0n) is 16.9. The Balaban J connectivity index is 1.85. The normalized spacial score (nSPS) is 15.0. The molecule has 0 radical (unpaired) electrons. The van der Waals surface area contributed by atoms with Crippen molar-refractivity contribution in [3.05, 3.63) is 63.7 Å². The average molecular weight is 435 g/mol. The van der Waals surface area contributed by atoms with Crippen molar-refractivity contribution in [1.82, 2.24) is 10.2 Å². The standard InChI is InChI=1S/C21H23F2N3O5/c1-30-18-11-15(16(26(28)29)12-19(18)31-21(22)23)20(27)24-13-17(25-9-5-6-10-25)14-7-3-2-4-8-14/h2-4,7-8,11-12,17,21H,5-6,9-10,13H2,1H3,(H,24,27). The minimum Gasteiger partial charge on any atom is -0.493 e. The summed E-state index contributed by atoms with van der Waals surface area (Å²) in [5.74, 6) is -1.41. The van der Waals surface area contributed by atoms with Crippen LogP contribution in [0.4, 0.5) is 14.5 Å². The molecule has 1 unspecified atom stereocenters. The van der Waals surface area contributed by atoms with E-state index in [1.54, 1.807) is 0 Å². The van der Waals surface area contributed by atoms with Crippen LogP contribution < -0.4 is 14.8 Å². The first-order valence-electron chi connectivity index (χ1n) is 9.79. The van der Waals surface area contributed by atoms with Crippen LogP contribution in [0.3, 0.4) is 0 Å². The van der Waals surface area contributed by atoms with Gasteiger partial charge in [0, 0.05) is 12.6 Å². The molecule has 0 aromatic heterocycles. The number of hydrogen-bond acceptors (Lipinski definition) is 6. The number of halogens is 2. The number of likely N-dealkylation sites (tertiary alicyclic amines) is 1. The SMILES string of the molecule is COc1cc(C(=O)NCC(c2ccccc2)N2CCCC2)c([N+](=O)[O-])cc1OC(F)F. The molecule has 166 valence electrons. The van der Waals surface area contributed by atoms with Gasteiger partial charge < -0.3 is 14.8 Å². The first-order valence-corrected chi connectivity index (χ1v) is 9.79. The van der Waals surface area contributed by atoms with Crippen molar-refractivity contribution in [2.45, 2.75) is 25.5 Å². The van der Waals surface area contributed by atoms with Gasteiger partial charge in [0.15, 0.2) is 11.5 Å². The Morgan fingerprint density at radius 1 is 1.19 bits per heavy atom. The van der Waals surface area contributed by atoms with Crippen LogP contribution in [0.1, 0.15) is 34.8 Å². The molecule has 1 amide bonds. The number of carbonyl (C=O) groups is 1. The number of ether oxygens (including phenoxy) is 2. The summed E-state index contributed by atoms with van der Waals surface area (Å²) in [5, 5.41) is 14.2. The van der Waals surface area contributed by atoms with Gasteiger partial charge >= 0.3 is 6.61 Å². The molecule has 1 fully saturated rings. The third-order valence-electron chi connectivity index (χ3n) is 5.16. The van der Waals surface area contributed by atoms with E-state index >= 15 is 0 Å². The summed E-state index contributed by atoms with van der Waals surface area (Å²) in [7, 11) is 1.19. The minimum absolute atomic E-state index is 0.0879. The number of nitro benzene ring substituents is 1. The summed E-state index contributed by atoms with van der Waals surface area (Å²) in [6, 6.07) is 11.4. The molecule has 10 heteroatoms. The number of amides is 1. The maximum absolute atomic E-state index is 12.8. The highest BCUT2D eigenvalue weighted by molar-refractivity contribution is 5.99. The second kappa shape index (κ2) is 10.2. The number of benzene rings is 2. The van der Waals surface area contributed by atoms with Crippen LogP contribution in [0.25, 0.3) is 0 Å². The number of alkyl halides is 2. The second-order valence-electron chi connectivity index (χ2n) is 7.04. The molecule has 2 aromatic carbocycles. The predicted molar refractivity (Wildman–Crippen MR) is 109 cm³/mol. The van der Waals surface area contributed by atoms with Gasteiger partial charge in [0.2, 0.25) is 0 Å². The lowest BCUT2D eigenvalue weighted by Gasteiger charge is -2.28. The molecule has 1 N–H and O–H groups in total. The van der Waals surface area contributed by atoms with Crippen molar-refractivity contribution in [2.24, 2.45) is 0 Å². The number of methoxy groups -OCH3 is 1. The number of rotatable bonds is 9. The first-order chi connectivity index (χ1) is 14.9. The maximum atomic E-state index is 12.8. The Bertz CT molecular complexity index is 921. The van der Waals surface area contributed by atoms with Crippen molar-refractivity contribution in [3.63, 3.8) is 0 Å². The van der Waals surface area contributed by atoms with E-state index in [2.05, 4.69) is 15.0 Å². The molecule has 1 atom stereocenters. The van der Waals surface area contributed by atoms with Crippen LogP contribution >= 0.6 is 0 Å². The van der Waals surface area contributed by atoms with E-state index in [-0.39, 0.29) is 23.9 Å². The van der Waals surface area contributed by atoms with Gasteiger partial charge in [0.25, 0.3) is 11.6 Å². The summed E-state index contributed by atoms with van der Waals surface area (Å²) < 4.78 is 34.5. The van der Waals surface area contributed by atoms with Crippen molar-refractivity contribution in [2.75, 3.05) is 26.7 Å². The highest BCUT2D eigenvalue weighted by Crippen LogP contribution is 2.36. The number of hydrogen-bond donors (Lipinski definition) is 1. The molecule has 0 spiro atoms. The molecule has 1 aliphatic heterocycles. The zero-order chi connectivity index (χ0) is 22.4. The largest absolute Gasteiger partial charge is 0.493 e. The molecular formula is C21H23F2N3O5. The van der Waals surface area contributed by atoms with Crippen LogP contribution in [-0.2, 0) is 0 Å². The van der Waals surface area contributed by atoms with Gasteiger partial charge in [-0.1, -0.05) is 30.3 Å². The van der Waals surface area contributed by atoms with E-state index < -0.39 is 28.9 Å². The molecule has 0 saturated carbocycles. The van der Waals surface area contributed by atoms with E-state index in [1.807, 2.05) is 30.3 Å². The minimum atomic E-state index is -3.19. The van der Waals surface area contributed by atoms with E-state index in [9.17, 15) is 23.7 Å². The van der Waals surface area contributed by atoms with E-state index in [0.29, 0.717) is 0 Å². The Hall–Kier alpha value is -3.27. The van der Waals surface area contributed by atoms with Crippen molar-refractivity contribution < 1.29 is 28.0 Å². The highest BCUT2D eigenvalue weighted by atomic mass is 19.3. The lowest BCUT2D eigenvalue weighted by Crippen LogP contribution is -2.37. The van der Waals surface area contributed by atoms with Gasteiger partial charge in [-0.25, -0.2) is 0 Å². The van der Waals surface area contributed by atoms with Gasteiger partial charge in [0.05, 0.1) is 24.1 Å². The number of nitrogens with zero attached hydrogens (tertiary/aromatic N) is 2. The van der Waals surface area contributed by atoms with Crippen LogP contribution in [0.5, 0.6) is 11.5 Å². The van der Waals surface area contributed by atoms with Gasteiger partial charge in [-0.2, -0.15) is 8.78 Å². The van der Waals surface area contributed by atoms with Crippen molar-refractivity contribution in [1.29, 1.82) is 0 Å². The van der Waals surface area contributed by atoms with E-state index in [0.717, 1.165) is 43.6 Å². The monoisotopic (exact) mass is 435 g/mol. The fourth-order valence-electron chi connectivity index (χ4n) is 3.70. The van der Waals surface area contributed by atoms with Crippen LogP contribution in [0.15, 0.2) is 42.5 Å². The van der Waals surface area contributed by atoms with Gasteiger partial charge in [-0.05, 0) is 31.5 Å². The van der Waals surface area contributed by atoms with Crippen molar-refractivity contribution >= 4 is 11.6 Å². The first kappa shape index (κ1) is 22.4. The molecule has 1 saturated heterocycles. The predicted octanol–water partition coefficient (Wildman–Crippen LogP) is 3.77. The average Bonchev–Trinajstić information content (AvgIpc) is 3.28. The molecule has 0 bridgehead atoms. The molecule has 3 rings (SSSR count). The van der Waals surface area contributed by atoms with Crippen LogP contribution in [-0.4, -0.2) is 49.1 Å². The van der Waals surface area contributed by atoms with Crippen LogP contribution in [0, 0.1) is 10.1 Å². The molecule has 1 aliphatic rings. The third-order valence-corrected chi connectivity index (χ3v) is 5.16. The molecule has 2 aromatic rings. The van der Waals surface area contributed by atoms with E-state index in [4.69, 9.17) is 4.74 Å². The lowest BCUT2D eigenvalue weighted by atomic mass is 10.0. The number of nitro groups is 1. The quantitative estimate of drug-likeness (QED) is 0.476. The Labute approximate surface area is 177 Å². The number of nitrogens with one attached hydrogen (secondary N) is 1. The Morgan fingerprint density at radius 2 is 1.87 bits per heavy atom. The summed E-state index contributed by atoms with van der Waals surface area (Å²) in [4.78, 5) is 25.7. The van der Waals surface area contributed by atoms with Gasteiger partial charge in [-0.15, -0.1) is 0 Å². The Kier molecular flexibility index (Phi) is 7.35. The van der Waals surface area contributed by atoms with E-state index in [1.165, 1.54) is 7.11 Å². The third kappa shape index (κ3) is 5.46. The topological polar surface area (TPSA) is 93.9 Å². The summed E-state index contributed by atoms with van der Waals surface area (Å²) >= 11 is 0. The highest BCUT2D eigenvalue weighted by Gasteiger charge is 2.28. The Morgan fingerprint density at radius 3 is 2.45 bits per heavy atom. The van der Waals surface area contributed by atoms with Crippen LogP contribution in [0.2, 0.25) is 0 Å². The molecule has 0 aliphatic carbocycles. The second-order valence-corrected chi connectivity index (χ2v) is 7.04. The summed E-state index contributed by atoms with van der Waals surface area (Å²) in [6.07, 6.45) is 2.12. The molecule has 8 nitrogen and oxygen atoms in total. The fraction of sp³-hybridized carbons (Fsp3) is 0.381. The summed E-state index contributed by atoms with van der Waals surface area (Å²) in [5.41, 5.74) is 0.0838. The zero-order valence-corrected chi connectivity index (χ0v) is 16.9. The van der Waals surface area contributed by atoms with Gasteiger partial charge in [-0.3, -0.25) is 19.8 Å². The fourth-order valence-corrected chi connectivity index (χ4v) is 3.70. The van der Waals surface area contributed by atoms with Gasteiger partial charge in [0.1, 0.15) is 5.56 Å². The number of carbonyl (C=O) groups excluding carboxylic acids is 1. The molecular weight excluding hydrogens is 412 g/mol. The molecule has 31 heavy (non-hydrogen) atoms. The maximum Gasteiger partial charge on any atom is 0.387 e. The lowest BCUT2D eigenvalue weighted by molar-refractivity contribution is -0.385. The smallest absolute Gasteiger partial charge is 0.387 e. The summed E-state index contributed by atoms with van der Waals surface area (Å²) in [6.45, 7) is -1.18. The molecule has 1 heterocycles.